The number of anilines is 1. The number of nitrogens with zero attached hydrogens (tertiary/aromatic N) is 5. The number of carbonyl (C=O) groups excluding carboxylic acids is 1. The summed E-state index contributed by atoms with van der Waals surface area (Å²) in [5.74, 6) is -1.52. The Bertz CT molecular complexity index is 2080. The molecule has 2 atom stereocenters. The highest BCUT2D eigenvalue weighted by atomic mass is 32.1. The first kappa shape index (κ1) is 37.9. The van der Waals surface area contributed by atoms with E-state index in [4.69, 9.17) is 18.6 Å². The Kier molecular flexibility index (Phi) is 10.3. The fraction of sp³-hybridized carbons (Fsp3) is 0.528. The SMILES string of the molecule is CC(C)(C)OC(=O)Nc1sc2c(F)cnc(-c3c4c(c5cnc(OC[C@@H]6C[C@H](F)CN6CCO[Si](C)(C)C(C)(C)C)nc5c3F)COC4)c2c1C#N. The molecule has 278 valence electrons. The molecule has 2 aliphatic heterocycles. The van der Waals surface area contributed by atoms with Crippen LogP contribution in [0.25, 0.3) is 32.2 Å². The van der Waals surface area contributed by atoms with Gasteiger partial charge in [0.05, 0.1) is 35.4 Å². The summed E-state index contributed by atoms with van der Waals surface area (Å²) < 4.78 is 70.1. The molecule has 1 aromatic carbocycles. The largest absolute Gasteiger partial charge is 0.462 e. The van der Waals surface area contributed by atoms with Crippen molar-refractivity contribution in [3.8, 4) is 23.3 Å². The number of aromatic nitrogens is 3. The molecule has 0 spiro atoms. The highest BCUT2D eigenvalue weighted by Crippen LogP contribution is 2.46. The molecule has 1 saturated heterocycles. The smallest absolute Gasteiger partial charge is 0.412 e. The van der Waals surface area contributed by atoms with Gasteiger partial charge in [-0.1, -0.05) is 20.8 Å². The first-order chi connectivity index (χ1) is 24.4. The van der Waals surface area contributed by atoms with E-state index in [1.807, 2.05) is 11.0 Å². The van der Waals surface area contributed by atoms with Crippen LogP contribution in [0.5, 0.6) is 6.01 Å². The van der Waals surface area contributed by atoms with Crippen molar-refractivity contribution in [3.63, 3.8) is 0 Å². The average Bonchev–Trinajstić information content (AvgIpc) is 3.76. The van der Waals surface area contributed by atoms with Gasteiger partial charge >= 0.3 is 12.1 Å². The van der Waals surface area contributed by atoms with Crippen LogP contribution in [-0.2, 0) is 27.1 Å². The Morgan fingerprint density at radius 1 is 1.15 bits per heavy atom. The summed E-state index contributed by atoms with van der Waals surface area (Å²) in [6.07, 6.45) is 0.850. The van der Waals surface area contributed by atoms with Crippen LogP contribution >= 0.6 is 11.3 Å². The molecule has 4 aromatic rings. The molecule has 2 aliphatic rings. The topological polar surface area (TPSA) is 132 Å². The number of pyridine rings is 1. The molecule has 1 amide bonds. The number of carbonyl (C=O) groups is 1. The first-order valence-electron chi connectivity index (χ1n) is 17.1. The third-order valence-electron chi connectivity index (χ3n) is 9.84. The van der Waals surface area contributed by atoms with Gasteiger partial charge in [0.1, 0.15) is 35.0 Å². The van der Waals surface area contributed by atoms with E-state index in [-0.39, 0.29) is 87.3 Å². The number of rotatable bonds is 9. The van der Waals surface area contributed by atoms with Gasteiger partial charge in [0, 0.05) is 48.3 Å². The molecule has 0 bridgehead atoms. The van der Waals surface area contributed by atoms with Crippen LogP contribution in [-0.4, -0.2) is 78.4 Å². The average molecular weight is 757 g/mol. The number of fused-ring (bicyclic) bond motifs is 4. The van der Waals surface area contributed by atoms with Crippen molar-refractivity contribution in [2.24, 2.45) is 0 Å². The Morgan fingerprint density at radius 2 is 1.88 bits per heavy atom. The molecule has 0 saturated carbocycles. The number of nitriles is 1. The second-order valence-electron chi connectivity index (χ2n) is 15.7. The van der Waals surface area contributed by atoms with Gasteiger partial charge in [0.25, 0.3) is 0 Å². The minimum absolute atomic E-state index is 0.000766. The molecule has 0 radical (unpaired) electrons. The number of hydrogen-bond acceptors (Lipinski definition) is 11. The Morgan fingerprint density at radius 3 is 2.58 bits per heavy atom. The van der Waals surface area contributed by atoms with Crippen LogP contribution in [0, 0.1) is 23.0 Å². The fourth-order valence-electron chi connectivity index (χ4n) is 6.24. The van der Waals surface area contributed by atoms with Gasteiger partial charge in [0.15, 0.2) is 20.0 Å². The molecular weight excluding hydrogens is 714 g/mol. The Balaban J connectivity index is 1.32. The van der Waals surface area contributed by atoms with Crippen LogP contribution in [0.3, 0.4) is 0 Å². The highest BCUT2D eigenvalue weighted by molar-refractivity contribution is 7.23. The maximum atomic E-state index is 16.9. The summed E-state index contributed by atoms with van der Waals surface area (Å²) in [6, 6.07) is 1.68. The molecule has 1 N–H and O–H groups in total. The monoisotopic (exact) mass is 756 g/mol. The van der Waals surface area contributed by atoms with Crippen molar-refractivity contribution in [2.75, 3.05) is 31.6 Å². The van der Waals surface area contributed by atoms with Gasteiger partial charge in [-0.25, -0.2) is 22.9 Å². The maximum Gasteiger partial charge on any atom is 0.412 e. The van der Waals surface area contributed by atoms with Gasteiger partial charge in [0.2, 0.25) is 0 Å². The summed E-state index contributed by atoms with van der Waals surface area (Å²) in [5, 5.41) is 13.3. The number of likely N-dealkylation sites (tertiary alicyclic amines) is 1. The van der Waals surface area contributed by atoms with E-state index in [9.17, 15) is 14.4 Å². The summed E-state index contributed by atoms with van der Waals surface area (Å²) in [6.45, 7) is 17.5. The minimum atomic E-state index is -1.97. The van der Waals surface area contributed by atoms with Crippen LogP contribution in [0.2, 0.25) is 18.1 Å². The Hall–Kier alpha value is -3.88. The fourth-order valence-corrected chi connectivity index (χ4v) is 8.31. The quantitative estimate of drug-likeness (QED) is 0.167. The van der Waals surface area contributed by atoms with Gasteiger partial charge in [-0.15, -0.1) is 11.3 Å². The minimum Gasteiger partial charge on any atom is -0.462 e. The number of alkyl halides is 1. The molecule has 0 aliphatic carbocycles. The number of ether oxygens (including phenoxy) is 3. The first-order valence-corrected chi connectivity index (χ1v) is 20.8. The number of halogens is 3. The van der Waals surface area contributed by atoms with Gasteiger partial charge in [-0.3, -0.25) is 15.2 Å². The van der Waals surface area contributed by atoms with Crippen LogP contribution in [0.4, 0.5) is 23.0 Å². The summed E-state index contributed by atoms with van der Waals surface area (Å²) in [4.78, 5) is 27.7. The predicted molar refractivity (Wildman–Crippen MR) is 195 cm³/mol. The number of nitrogens with one attached hydrogen (secondary N) is 1. The molecule has 5 heterocycles. The zero-order chi connectivity index (χ0) is 37.7. The van der Waals surface area contributed by atoms with E-state index >= 15 is 8.78 Å². The maximum absolute atomic E-state index is 16.9. The second kappa shape index (κ2) is 14.2. The van der Waals surface area contributed by atoms with Crippen molar-refractivity contribution in [2.45, 2.75) is 97.1 Å². The third-order valence-corrected chi connectivity index (χ3v) is 15.5. The molecule has 0 unspecified atom stereocenters. The third kappa shape index (κ3) is 7.47. The molecule has 52 heavy (non-hydrogen) atoms. The van der Waals surface area contributed by atoms with Crippen molar-refractivity contribution in [3.05, 3.63) is 40.7 Å². The second-order valence-corrected chi connectivity index (χ2v) is 21.5. The van der Waals surface area contributed by atoms with Crippen LogP contribution in [0.1, 0.15) is 64.7 Å². The number of thiophene rings is 1. The molecular formula is C36H43F3N6O5SSi. The standard InChI is InChI=1S/C36H43F3N6O5SSi/c1-35(2,3)50-34(46)44-32-21(12-40)27-30(41-14-25(38)31(27)51-32)26-24-18-47-17-23(24)22-13-42-33(43-29(22)28(26)39)48-16-20-11-19(37)15-45(20)9-10-49-52(7,8)36(4,5)6/h13-14,19-20H,9-11,15-18H2,1-8H3,(H,44,46)/t19-,20-/m0/s1. The van der Waals surface area contributed by atoms with Gasteiger partial charge in [-0.2, -0.15) is 10.2 Å². The van der Waals surface area contributed by atoms with E-state index in [2.05, 4.69) is 54.1 Å². The summed E-state index contributed by atoms with van der Waals surface area (Å²) >= 11 is 0.824. The molecule has 16 heteroatoms. The van der Waals surface area contributed by atoms with Gasteiger partial charge < -0.3 is 18.6 Å². The molecule has 1 fully saturated rings. The van der Waals surface area contributed by atoms with E-state index in [0.717, 1.165) is 17.5 Å². The molecule has 3 aromatic heterocycles. The zero-order valence-corrected chi connectivity index (χ0v) is 32.4. The van der Waals surface area contributed by atoms with E-state index < -0.39 is 37.8 Å². The van der Waals surface area contributed by atoms with Gasteiger partial charge in [-0.05, 0) is 56.5 Å². The lowest BCUT2D eigenvalue weighted by Crippen LogP contribution is -2.44. The number of benzene rings is 1. The number of amides is 1. The lowest BCUT2D eigenvalue weighted by molar-refractivity contribution is 0.0636. The van der Waals surface area contributed by atoms with Crippen molar-refractivity contribution < 1.29 is 36.6 Å². The van der Waals surface area contributed by atoms with Crippen molar-refractivity contribution >= 4 is 51.7 Å². The van der Waals surface area contributed by atoms with E-state index in [1.54, 1.807) is 20.8 Å². The van der Waals surface area contributed by atoms with Crippen molar-refractivity contribution in [1.29, 1.82) is 5.26 Å². The summed E-state index contributed by atoms with van der Waals surface area (Å²) in [7, 11) is -1.97. The predicted octanol–water partition coefficient (Wildman–Crippen LogP) is 8.25. The highest BCUT2D eigenvalue weighted by Gasteiger charge is 2.38. The summed E-state index contributed by atoms with van der Waals surface area (Å²) in [5.41, 5.74) is 0.108. The molecule has 6 rings (SSSR count). The molecule has 11 nitrogen and oxygen atoms in total. The van der Waals surface area contributed by atoms with Crippen molar-refractivity contribution in [1.82, 2.24) is 19.9 Å². The lowest BCUT2D eigenvalue weighted by Gasteiger charge is -2.37. The normalized spacial score (nSPS) is 18.2. The van der Waals surface area contributed by atoms with Crippen LogP contribution < -0.4 is 10.1 Å². The Labute approximate surface area is 305 Å². The number of hydrogen-bond donors (Lipinski definition) is 1. The lowest BCUT2D eigenvalue weighted by atomic mass is 9.94. The zero-order valence-electron chi connectivity index (χ0n) is 30.6. The van der Waals surface area contributed by atoms with Crippen LogP contribution in [0.15, 0.2) is 12.4 Å². The van der Waals surface area contributed by atoms with E-state index in [0.29, 0.717) is 29.7 Å². The van der Waals surface area contributed by atoms with E-state index in [1.165, 1.54) is 6.20 Å².